The van der Waals surface area contributed by atoms with Gasteiger partial charge < -0.3 is 15.2 Å². The number of rotatable bonds is 7. The summed E-state index contributed by atoms with van der Waals surface area (Å²) in [6, 6.07) is 3.33. The van der Waals surface area contributed by atoms with Crippen molar-refractivity contribution in [1.29, 1.82) is 0 Å². The van der Waals surface area contributed by atoms with Gasteiger partial charge in [0.1, 0.15) is 17.9 Å². The number of amides is 1. The van der Waals surface area contributed by atoms with E-state index in [1.165, 1.54) is 31.1 Å². The number of nitrogen functional groups attached to an aromatic ring is 1. The van der Waals surface area contributed by atoms with Gasteiger partial charge in [0, 0.05) is 38.8 Å². The Labute approximate surface area is 212 Å². The minimum Gasteiger partial charge on any atom is -0.491 e. The van der Waals surface area contributed by atoms with Crippen LogP contribution in [0.2, 0.25) is 0 Å². The molecule has 194 valence electrons. The van der Waals surface area contributed by atoms with Crippen molar-refractivity contribution in [3.05, 3.63) is 40.4 Å². The van der Waals surface area contributed by atoms with E-state index in [1.807, 2.05) is 0 Å². The van der Waals surface area contributed by atoms with Gasteiger partial charge >= 0.3 is 0 Å². The maximum Gasteiger partial charge on any atom is 0.262 e. The van der Waals surface area contributed by atoms with E-state index >= 15 is 0 Å². The quantitative estimate of drug-likeness (QED) is 0.479. The van der Waals surface area contributed by atoms with Crippen molar-refractivity contribution in [2.24, 2.45) is 12.5 Å². The predicted octanol–water partition coefficient (Wildman–Crippen LogP) is 1.39. The number of carbonyl (C=O) groups is 2. The molecule has 0 radical (unpaired) electrons. The summed E-state index contributed by atoms with van der Waals surface area (Å²) in [4.78, 5) is 51.6. The molecule has 3 aromatic rings. The fourth-order valence-corrected chi connectivity index (χ4v) is 5.02. The number of benzene rings is 1. The van der Waals surface area contributed by atoms with Crippen LogP contribution in [0, 0.1) is 5.41 Å². The summed E-state index contributed by atoms with van der Waals surface area (Å²) in [5, 5.41) is 2.95. The summed E-state index contributed by atoms with van der Waals surface area (Å²) in [6.45, 7) is 3.07. The van der Waals surface area contributed by atoms with Crippen LogP contribution in [0.5, 0.6) is 11.5 Å². The van der Waals surface area contributed by atoms with E-state index in [0.717, 1.165) is 45.3 Å². The monoisotopic (exact) mass is 507 g/mol. The van der Waals surface area contributed by atoms with Gasteiger partial charge in [-0.1, -0.05) is 0 Å². The van der Waals surface area contributed by atoms with Crippen molar-refractivity contribution >= 4 is 34.5 Å². The number of nitrogens with one attached hydrogen (secondary N) is 1. The lowest BCUT2D eigenvalue weighted by Gasteiger charge is -2.46. The van der Waals surface area contributed by atoms with Crippen molar-refractivity contribution in [2.75, 3.05) is 44.4 Å². The minimum absolute atomic E-state index is 0.0338. The largest absolute Gasteiger partial charge is 0.491 e. The van der Waals surface area contributed by atoms with E-state index in [0.29, 0.717) is 29.3 Å². The third kappa shape index (κ3) is 4.84. The number of nitrogens with zero attached hydrogens (tertiary/aromatic N) is 5. The molecule has 3 N–H and O–H groups in total. The number of likely N-dealkylation sites (tertiary alicyclic amines) is 1. The molecule has 1 aromatic carbocycles. The maximum atomic E-state index is 13.0. The van der Waals surface area contributed by atoms with Crippen molar-refractivity contribution < 1.29 is 19.1 Å². The number of Topliss-reactive ketones (excluding diaryl/α,β-unsaturated/α-hetero) is 1. The first-order chi connectivity index (χ1) is 17.8. The number of fused-ring (bicyclic) bond motifs is 1. The lowest BCUT2D eigenvalue weighted by atomic mass is 9.62. The Morgan fingerprint density at radius 1 is 1.16 bits per heavy atom. The SMILES string of the molecule is COc1c(OCCN2CCC3(CC2)CC(=O)C3)ccc2c(=O)n(C)c(NC(=O)c3cnc(N)nc3)nc12. The summed E-state index contributed by atoms with van der Waals surface area (Å²) >= 11 is 0. The standard InChI is InChI=1S/C25H29N7O5/c1-31-22(35)17-3-4-18(37-10-9-32-7-5-25(6-8-32)11-16(33)12-25)20(36-2)19(17)29-24(31)30-21(34)15-13-27-23(26)28-14-15/h3-4,13-14H,5-12H2,1-2H3,(H2,26,27,28)(H,29,30,34). The summed E-state index contributed by atoms with van der Waals surface area (Å²) < 4.78 is 12.9. The highest BCUT2D eigenvalue weighted by Crippen LogP contribution is 2.46. The fourth-order valence-electron chi connectivity index (χ4n) is 5.02. The number of hydrogen-bond donors (Lipinski definition) is 2. The number of anilines is 2. The Balaban J connectivity index is 1.31. The molecule has 12 nitrogen and oxygen atoms in total. The second kappa shape index (κ2) is 9.77. The highest BCUT2D eigenvalue weighted by molar-refractivity contribution is 6.03. The van der Waals surface area contributed by atoms with E-state index in [9.17, 15) is 14.4 Å². The third-order valence-electron chi connectivity index (χ3n) is 7.26. The smallest absolute Gasteiger partial charge is 0.262 e. The summed E-state index contributed by atoms with van der Waals surface area (Å²) in [6.07, 6.45) is 6.13. The first-order valence-corrected chi connectivity index (χ1v) is 12.1. The van der Waals surface area contributed by atoms with Crippen LogP contribution >= 0.6 is 0 Å². The molecule has 1 aliphatic carbocycles. The van der Waals surface area contributed by atoms with Crippen LogP contribution in [0.25, 0.3) is 10.9 Å². The zero-order valence-corrected chi connectivity index (χ0v) is 20.8. The van der Waals surface area contributed by atoms with Gasteiger partial charge in [-0.3, -0.25) is 29.2 Å². The van der Waals surface area contributed by atoms with Crippen LogP contribution in [0.1, 0.15) is 36.0 Å². The van der Waals surface area contributed by atoms with Gasteiger partial charge in [-0.15, -0.1) is 0 Å². The molecule has 3 heterocycles. The van der Waals surface area contributed by atoms with Crippen LogP contribution in [0.15, 0.2) is 29.3 Å². The summed E-state index contributed by atoms with van der Waals surface area (Å²) in [7, 11) is 3.00. The number of nitrogens with two attached hydrogens (primary N) is 1. The molecule has 2 aliphatic rings. The van der Waals surface area contributed by atoms with Gasteiger partial charge in [-0.05, 0) is 43.5 Å². The Kier molecular flexibility index (Phi) is 6.50. The van der Waals surface area contributed by atoms with E-state index < -0.39 is 5.91 Å². The van der Waals surface area contributed by atoms with Crippen molar-refractivity contribution in [3.63, 3.8) is 0 Å². The van der Waals surface area contributed by atoms with Crippen LogP contribution in [-0.4, -0.2) is 69.5 Å². The van der Waals surface area contributed by atoms with Crippen LogP contribution in [0.3, 0.4) is 0 Å². The molecule has 0 bridgehead atoms. The molecule has 0 atom stereocenters. The zero-order valence-electron chi connectivity index (χ0n) is 20.8. The Hall–Kier alpha value is -4.06. The van der Waals surface area contributed by atoms with Gasteiger partial charge in [0.25, 0.3) is 11.5 Å². The molecule has 12 heteroatoms. The van der Waals surface area contributed by atoms with Crippen LogP contribution < -0.4 is 26.1 Å². The minimum atomic E-state index is -0.539. The average Bonchev–Trinajstić information content (AvgIpc) is 2.87. The number of hydrogen-bond acceptors (Lipinski definition) is 10. The molecule has 2 aromatic heterocycles. The molecular formula is C25H29N7O5. The van der Waals surface area contributed by atoms with Crippen molar-refractivity contribution in [1.82, 2.24) is 24.4 Å². The molecule has 2 fully saturated rings. The summed E-state index contributed by atoms with van der Waals surface area (Å²) in [5.74, 6) is 0.689. The number of piperidine rings is 1. The lowest BCUT2D eigenvalue weighted by Crippen LogP contribution is -2.48. The second-order valence-electron chi connectivity index (χ2n) is 9.66. The van der Waals surface area contributed by atoms with Gasteiger partial charge in [0.2, 0.25) is 11.9 Å². The maximum absolute atomic E-state index is 13.0. The number of ketones is 1. The number of aromatic nitrogens is 4. The predicted molar refractivity (Wildman–Crippen MR) is 136 cm³/mol. The first kappa shape index (κ1) is 24.6. The Morgan fingerprint density at radius 2 is 1.86 bits per heavy atom. The highest BCUT2D eigenvalue weighted by Gasteiger charge is 2.44. The third-order valence-corrected chi connectivity index (χ3v) is 7.26. The Bertz CT molecular complexity index is 1400. The molecule has 37 heavy (non-hydrogen) atoms. The fraction of sp³-hybridized carbons (Fsp3) is 0.440. The van der Waals surface area contributed by atoms with E-state index in [2.05, 4.69) is 25.2 Å². The van der Waals surface area contributed by atoms with Gasteiger partial charge in [0.15, 0.2) is 11.5 Å². The molecule has 1 spiro atoms. The van der Waals surface area contributed by atoms with Gasteiger partial charge in [0.05, 0.1) is 18.1 Å². The van der Waals surface area contributed by atoms with Crippen LogP contribution in [-0.2, 0) is 11.8 Å². The first-order valence-electron chi connectivity index (χ1n) is 12.1. The zero-order chi connectivity index (χ0) is 26.2. The molecule has 1 saturated heterocycles. The van der Waals surface area contributed by atoms with E-state index in [1.54, 1.807) is 12.1 Å². The Morgan fingerprint density at radius 3 is 2.51 bits per heavy atom. The second-order valence-corrected chi connectivity index (χ2v) is 9.66. The highest BCUT2D eigenvalue weighted by atomic mass is 16.5. The molecule has 5 rings (SSSR count). The average molecular weight is 508 g/mol. The van der Waals surface area contributed by atoms with E-state index in [-0.39, 0.29) is 34.0 Å². The lowest BCUT2D eigenvalue weighted by molar-refractivity contribution is -0.135. The summed E-state index contributed by atoms with van der Waals surface area (Å²) in [5.41, 5.74) is 5.81. The molecule has 1 saturated carbocycles. The topological polar surface area (TPSA) is 155 Å². The number of ether oxygens (including phenoxy) is 2. The van der Waals surface area contributed by atoms with Crippen molar-refractivity contribution in [2.45, 2.75) is 25.7 Å². The molecule has 1 aliphatic heterocycles. The molecular weight excluding hydrogens is 478 g/mol. The van der Waals surface area contributed by atoms with Gasteiger partial charge in [-0.25, -0.2) is 15.0 Å². The number of carbonyl (C=O) groups excluding carboxylic acids is 2. The molecule has 1 amide bonds. The van der Waals surface area contributed by atoms with E-state index in [4.69, 9.17) is 15.2 Å². The van der Waals surface area contributed by atoms with Crippen molar-refractivity contribution in [3.8, 4) is 11.5 Å². The number of methoxy groups -OCH3 is 1. The normalized spacial score (nSPS) is 17.0. The molecule has 0 unspecified atom stereocenters. The van der Waals surface area contributed by atoms with Crippen LogP contribution in [0.4, 0.5) is 11.9 Å². The van der Waals surface area contributed by atoms with Gasteiger partial charge in [-0.2, -0.15) is 0 Å².